The molecule has 0 saturated carbocycles. The van der Waals surface area contributed by atoms with E-state index in [0.29, 0.717) is 28.4 Å². The third-order valence-electron chi connectivity index (χ3n) is 2.88. The van der Waals surface area contributed by atoms with Gasteiger partial charge in [-0.25, -0.2) is 4.39 Å². The standard InChI is InChI=1S/C13H16FN3O2/c1-17-11(15)6-9(16-17)12-10(19-3)5-4-8(7-18-2)13(12)14/h4-6H,7,15H2,1-3H3. The van der Waals surface area contributed by atoms with Gasteiger partial charge in [-0.15, -0.1) is 0 Å². The lowest BCUT2D eigenvalue weighted by Crippen LogP contribution is -2.00. The van der Waals surface area contributed by atoms with Crippen LogP contribution in [0.3, 0.4) is 0 Å². The maximum Gasteiger partial charge on any atom is 0.141 e. The first-order valence-corrected chi connectivity index (χ1v) is 5.72. The Labute approximate surface area is 110 Å². The van der Waals surface area contributed by atoms with Gasteiger partial charge >= 0.3 is 0 Å². The average molecular weight is 265 g/mol. The zero-order valence-corrected chi connectivity index (χ0v) is 11.1. The Kier molecular flexibility index (Phi) is 3.71. The summed E-state index contributed by atoms with van der Waals surface area (Å²) in [6.45, 7) is 0.186. The lowest BCUT2D eigenvalue weighted by molar-refractivity contribution is 0.181. The van der Waals surface area contributed by atoms with Crippen molar-refractivity contribution in [2.24, 2.45) is 7.05 Å². The summed E-state index contributed by atoms with van der Waals surface area (Å²) in [4.78, 5) is 0. The molecule has 0 saturated heterocycles. The number of methoxy groups -OCH3 is 2. The zero-order valence-electron chi connectivity index (χ0n) is 11.1. The van der Waals surface area contributed by atoms with E-state index in [9.17, 15) is 4.39 Å². The molecule has 0 aliphatic rings. The summed E-state index contributed by atoms with van der Waals surface area (Å²) in [5, 5.41) is 4.18. The summed E-state index contributed by atoms with van der Waals surface area (Å²) in [6, 6.07) is 4.93. The summed E-state index contributed by atoms with van der Waals surface area (Å²) < 4.78 is 26.1. The first-order chi connectivity index (χ1) is 9.08. The third kappa shape index (κ3) is 2.39. The molecule has 0 aliphatic carbocycles. The molecule has 0 aliphatic heterocycles. The largest absolute Gasteiger partial charge is 0.496 e. The summed E-state index contributed by atoms with van der Waals surface area (Å²) >= 11 is 0. The Balaban J connectivity index is 2.61. The molecule has 0 spiro atoms. The molecule has 0 radical (unpaired) electrons. The van der Waals surface area contributed by atoms with Crippen LogP contribution in [0.25, 0.3) is 11.3 Å². The Morgan fingerprint density at radius 2 is 2.11 bits per heavy atom. The first kappa shape index (κ1) is 13.4. The monoisotopic (exact) mass is 265 g/mol. The fourth-order valence-corrected chi connectivity index (χ4v) is 1.88. The van der Waals surface area contributed by atoms with Gasteiger partial charge in [0, 0.05) is 25.8 Å². The van der Waals surface area contributed by atoms with Gasteiger partial charge in [-0.1, -0.05) is 6.07 Å². The molecule has 0 atom stereocenters. The topological polar surface area (TPSA) is 62.3 Å². The van der Waals surface area contributed by atoms with Gasteiger partial charge in [0.1, 0.15) is 23.1 Å². The van der Waals surface area contributed by atoms with E-state index in [2.05, 4.69) is 5.10 Å². The minimum absolute atomic E-state index is 0.186. The highest BCUT2D eigenvalue weighted by Gasteiger charge is 2.18. The number of hydrogen-bond acceptors (Lipinski definition) is 4. The van der Waals surface area contributed by atoms with Crippen LogP contribution in [-0.2, 0) is 18.4 Å². The van der Waals surface area contributed by atoms with Crippen LogP contribution in [0.5, 0.6) is 5.75 Å². The number of ether oxygens (including phenoxy) is 2. The third-order valence-corrected chi connectivity index (χ3v) is 2.88. The molecule has 1 aromatic heterocycles. The maximum absolute atomic E-state index is 14.5. The average Bonchev–Trinajstić information content (AvgIpc) is 2.71. The van der Waals surface area contributed by atoms with Crippen LogP contribution in [0.4, 0.5) is 10.2 Å². The molecule has 2 N–H and O–H groups in total. The predicted octanol–water partition coefficient (Wildman–Crippen LogP) is 1.96. The molecule has 6 heteroatoms. The molecule has 5 nitrogen and oxygen atoms in total. The van der Waals surface area contributed by atoms with Crippen molar-refractivity contribution in [3.8, 4) is 17.0 Å². The number of anilines is 1. The number of rotatable bonds is 4. The SMILES string of the molecule is COCc1ccc(OC)c(-c2cc(N)n(C)n2)c1F. The van der Waals surface area contributed by atoms with Gasteiger partial charge in [0.15, 0.2) is 0 Å². The van der Waals surface area contributed by atoms with Crippen molar-refractivity contribution < 1.29 is 13.9 Å². The smallest absolute Gasteiger partial charge is 0.141 e. The normalized spacial score (nSPS) is 10.7. The van der Waals surface area contributed by atoms with Gasteiger partial charge < -0.3 is 15.2 Å². The van der Waals surface area contributed by atoms with Gasteiger partial charge in [-0.2, -0.15) is 5.10 Å². The quantitative estimate of drug-likeness (QED) is 0.918. The van der Waals surface area contributed by atoms with Crippen molar-refractivity contribution in [1.29, 1.82) is 0 Å². The molecule has 0 bridgehead atoms. The number of halogens is 1. The molecule has 1 aromatic carbocycles. The Hall–Kier alpha value is -2.08. The van der Waals surface area contributed by atoms with Gasteiger partial charge in [-0.3, -0.25) is 4.68 Å². The van der Waals surface area contributed by atoms with E-state index in [0.717, 1.165) is 0 Å². The second-order valence-electron chi connectivity index (χ2n) is 4.13. The van der Waals surface area contributed by atoms with E-state index in [1.165, 1.54) is 18.9 Å². The Bertz CT molecular complexity index is 576. The van der Waals surface area contributed by atoms with Gasteiger partial charge in [0.25, 0.3) is 0 Å². The molecule has 0 amide bonds. The highest BCUT2D eigenvalue weighted by molar-refractivity contribution is 5.70. The minimum Gasteiger partial charge on any atom is -0.496 e. The fraction of sp³-hybridized carbons (Fsp3) is 0.308. The summed E-state index contributed by atoms with van der Waals surface area (Å²) in [5.41, 5.74) is 6.91. The molecular formula is C13H16FN3O2. The fourth-order valence-electron chi connectivity index (χ4n) is 1.88. The highest BCUT2D eigenvalue weighted by Crippen LogP contribution is 2.34. The van der Waals surface area contributed by atoms with Crippen LogP contribution in [0.1, 0.15) is 5.56 Å². The molecule has 2 aromatic rings. The molecule has 1 heterocycles. The number of benzene rings is 1. The highest BCUT2D eigenvalue weighted by atomic mass is 19.1. The van der Waals surface area contributed by atoms with Crippen LogP contribution >= 0.6 is 0 Å². The van der Waals surface area contributed by atoms with E-state index < -0.39 is 5.82 Å². The Morgan fingerprint density at radius 3 is 2.63 bits per heavy atom. The van der Waals surface area contributed by atoms with Crippen LogP contribution in [-0.4, -0.2) is 24.0 Å². The second kappa shape index (κ2) is 5.27. The lowest BCUT2D eigenvalue weighted by atomic mass is 10.1. The van der Waals surface area contributed by atoms with E-state index in [4.69, 9.17) is 15.2 Å². The van der Waals surface area contributed by atoms with E-state index >= 15 is 0 Å². The molecule has 19 heavy (non-hydrogen) atoms. The summed E-state index contributed by atoms with van der Waals surface area (Å²) in [7, 11) is 4.70. The molecule has 0 unspecified atom stereocenters. The van der Waals surface area contributed by atoms with Crippen molar-refractivity contribution in [3.63, 3.8) is 0 Å². The van der Waals surface area contributed by atoms with E-state index in [1.807, 2.05) is 0 Å². The van der Waals surface area contributed by atoms with Crippen molar-refractivity contribution in [2.75, 3.05) is 20.0 Å². The number of aromatic nitrogens is 2. The van der Waals surface area contributed by atoms with Gasteiger partial charge in [0.05, 0.1) is 19.3 Å². The van der Waals surface area contributed by atoms with Crippen LogP contribution in [0.15, 0.2) is 18.2 Å². The second-order valence-corrected chi connectivity index (χ2v) is 4.13. The maximum atomic E-state index is 14.5. The number of nitrogens with zero attached hydrogens (tertiary/aromatic N) is 2. The van der Waals surface area contributed by atoms with Gasteiger partial charge in [-0.05, 0) is 6.07 Å². The summed E-state index contributed by atoms with van der Waals surface area (Å²) in [6.07, 6.45) is 0. The van der Waals surface area contributed by atoms with Crippen molar-refractivity contribution >= 4 is 5.82 Å². The van der Waals surface area contributed by atoms with Crippen molar-refractivity contribution in [3.05, 3.63) is 29.6 Å². The zero-order chi connectivity index (χ0) is 14.0. The van der Waals surface area contributed by atoms with E-state index in [1.54, 1.807) is 25.2 Å². The van der Waals surface area contributed by atoms with Crippen molar-refractivity contribution in [2.45, 2.75) is 6.61 Å². The van der Waals surface area contributed by atoms with Crippen molar-refractivity contribution in [1.82, 2.24) is 9.78 Å². The van der Waals surface area contributed by atoms with Gasteiger partial charge in [0.2, 0.25) is 0 Å². The summed E-state index contributed by atoms with van der Waals surface area (Å²) in [5.74, 6) is 0.461. The molecule has 2 rings (SSSR count). The minimum atomic E-state index is -0.403. The van der Waals surface area contributed by atoms with E-state index in [-0.39, 0.29) is 6.61 Å². The van der Waals surface area contributed by atoms with Crippen LogP contribution in [0.2, 0.25) is 0 Å². The molecular weight excluding hydrogens is 249 g/mol. The lowest BCUT2D eigenvalue weighted by Gasteiger charge is -2.11. The van der Waals surface area contributed by atoms with Crippen LogP contribution < -0.4 is 10.5 Å². The molecule has 102 valence electrons. The number of nitrogens with two attached hydrogens (primary N) is 1. The predicted molar refractivity (Wildman–Crippen MR) is 70.3 cm³/mol. The first-order valence-electron chi connectivity index (χ1n) is 5.72. The number of nitrogen functional groups attached to an aromatic ring is 1. The molecule has 0 fully saturated rings. The number of hydrogen-bond donors (Lipinski definition) is 1. The van der Waals surface area contributed by atoms with Crippen LogP contribution in [0, 0.1) is 5.82 Å². The Morgan fingerprint density at radius 1 is 1.37 bits per heavy atom. The number of aryl methyl sites for hydroxylation is 1.